The molecule has 0 aliphatic carbocycles. The maximum absolute atomic E-state index is 12.2. The van der Waals surface area contributed by atoms with Crippen molar-refractivity contribution in [1.82, 2.24) is 5.32 Å². The number of nitrogens with one attached hydrogen (secondary N) is 1. The number of amides is 1. The molecule has 2 rings (SSSR count). The summed E-state index contributed by atoms with van der Waals surface area (Å²) in [5.41, 5.74) is 1.66. The lowest BCUT2D eigenvalue weighted by Gasteiger charge is -2.17. The van der Waals surface area contributed by atoms with Crippen LogP contribution in [0.25, 0.3) is 0 Å². The summed E-state index contributed by atoms with van der Waals surface area (Å²) in [5.74, 6) is -0.745. The van der Waals surface area contributed by atoms with Gasteiger partial charge in [-0.15, -0.1) is 0 Å². The van der Waals surface area contributed by atoms with Crippen LogP contribution in [0.15, 0.2) is 54.6 Å². The van der Waals surface area contributed by atoms with E-state index in [4.69, 9.17) is 16.3 Å². The topological polar surface area (TPSA) is 55.4 Å². The second-order valence-corrected chi connectivity index (χ2v) is 5.51. The first kappa shape index (κ1) is 17.0. The van der Waals surface area contributed by atoms with Crippen molar-refractivity contribution in [2.24, 2.45) is 0 Å². The van der Waals surface area contributed by atoms with Gasteiger partial charge in [-0.05, 0) is 17.2 Å². The van der Waals surface area contributed by atoms with Gasteiger partial charge in [0.1, 0.15) is 6.04 Å². The number of hydrogen-bond acceptors (Lipinski definition) is 3. The molecule has 4 nitrogen and oxygen atoms in total. The predicted octanol–water partition coefficient (Wildman–Crippen LogP) is 2.78. The molecule has 0 heterocycles. The lowest BCUT2D eigenvalue weighted by Crippen LogP contribution is -2.43. The standard InChI is InChI=1S/C18H18ClNO3/c1-23-18(22)16(11-13-7-3-2-4-8-13)20-17(21)12-14-9-5-6-10-15(14)19/h2-10,16H,11-12H2,1H3,(H,20,21)/t16-/m0/s1. The Morgan fingerprint density at radius 2 is 1.74 bits per heavy atom. The van der Waals surface area contributed by atoms with Crippen LogP contribution in [0.3, 0.4) is 0 Å². The van der Waals surface area contributed by atoms with Crippen LogP contribution in [0.5, 0.6) is 0 Å². The zero-order chi connectivity index (χ0) is 16.7. The zero-order valence-electron chi connectivity index (χ0n) is 12.8. The first-order valence-electron chi connectivity index (χ1n) is 7.24. The molecule has 23 heavy (non-hydrogen) atoms. The number of methoxy groups -OCH3 is 1. The van der Waals surface area contributed by atoms with Crippen LogP contribution in [0.4, 0.5) is 0 Å². The van der Waals surface area contributed by atoms with E-state index in [9.17, 15) is 9.59 Å². The van der Waals surface area contributed by atoms with Crippen molar-refractivity contribution in [1.29, 1.82) is 0 Å². The highest BCUT2D eigenvalue weighted by Gasteiger charge is 2.22. The largest absolute Gasteiger partial charge is 0.467 e. The number of benzene rings is 2. The molecule has 0 fully saturated rings. The Morgan fingerprint density at radius 3 is 2.39 bits per heavy atom. The first-order valence-corrected chi connectivity index (χ1v) is 7.62. The predicted molar refractivity (Wildman–Crippen MR) is 89.2 cm³/mol. The van der Waals surface area contributed by atoms with Crippen molar-refractivity contribution in [2.75, 3.05) is 7.11 Å². The number of hydrogen-bond donors (Lipinski definition) is 1. The maximum atomic E-state index is 12.2. The van der Waals surface area contributed by atoms with Crippen LogP contribution >= 0.6 is 11.6 Å². The Morgan fingerprint density at radius 1 is 1.09 bits per heavy atom. The number of esters is 1. The molecule has 0 spiro atoms. The van der Waals surface area contributed by atoms with Gasteiger partial charge in [-0.2, -0.15) is 0 Å². The van der Waals surface area contributed by atoms with Gasteiger partial charge >= 0.3 is 5.97 Å². The first-order chi connectivity index (χ1) is 11.1. The lowest BCUT2D eigenvalue weighted by molar-refractivity contribution is -0.145. The molecule has 2 aromatic carbocycles. The van der Waals surface area contributed by atoms with Gasteiger partial charge in [-0.3, -0.25) is 4.79 Å². The summed E-state index contributed by atoms with van der Waals surface area (Å²) < 4.78 is 4.78. The molecule has 0 saturated heterocycles. The van der Waals surface area contributed by atoms with Crippen molar-refractivity contribution in [2.45, 2.75) is 18.9 Å². The minimum atomic E-state index is -0.725. The Labute approximate surface area is 140 Å². The van der Waals surface area contributed by atoms with Gasteiger partial charge in [0.25, 0.3) is 0 Å². The Kier molecular flexibility index (Phi) is 6.18. The second kappa shape index (κ2) is 8.34. The normalized spacial score (nSPS) is 11.6. The van der Waals surface area contributed by atoms with Crippen LogP contribution < -0.4 is 5.32 Å². The molecule has 0 radical (unpaired) electrons. The van der Waals surface area contributed by atoms with Crippen LogP contribution in [-0.2, 0) is 27.2 Å². The van der Waals surface area contributed by atoms with Crippen LogP contribution in [-0.4, -0.2) is 25.0 Å². The summed E-state index contributed by atoms with van der Waals surface area (Å²) in [7, 11) is 1.31. The minimum absolute atomic E-state index is 0.113. The van der Waals surface area contributed by atoms with Crippen LogP contribution in [0, 0.1) is 0 Å². The van der Waals surface area contributed by atoms with E-state index >= 15 is 0 Å². The van der Waals surface area contributed by atoms with Crippen molar-refractivity contribution >= 4 is 23.5 Å². The highest BCUT2D eigenvalue weighted by Crippen LogP contribution is 2.15. The van der Waals surface area contributed by atoms with E-state index in [0.717, 1.165) is 11.1 Å². The maximum Gasteiger partial charge on any atom is 0.328 e. The molecule has 0 aromatic heterocycles. The highest BCUT2D eigenvalue weighted by atomic mass is 35.5. The Bertz CT molecular complexity index is 673. The fraction of sp³-hybridized carbons (Fsp3) is 0.222. The van der Waals surface area contributed by atoms with E-state index in [1.165, 1.54) is 7.11 Å². The molecule has 0 bridgehead atoms. The van der Waals surface area contributed by atoms with E-state index in [1.54, 1.807) is 18.2 Å². The zero-order valence-corrected chi connectivity index (χ0v) is 13.5. The molecule has 1 atom stereocenters. The third-order valence-electron chi connectivity index (χ3n) is 3.41. The number of rotatable bonds is 6. The summed E-state index contributed by atoms with van der Waals surface area (Å²) in [6.07, 6.45) is 0.490. The summed E-state index contributed by atoms with van der Waals surface area (Å²) in [6, 6.07) is 15.9. The number of ether oxygens (including phenoxy) is 1. The van der Waals surface area contributed by atoms with Gasteiger partial charge in [0, 0.05) is 11.4 Å². The molecule has 0 unspecified atom stereocenters. The molecule has 0 aliphatic rings. The van der Waals surface area contributed by atoms with Gasteiger partial charge in [-0.25, -0.2) is 4.79 Å². The molecule has 0 saturated carbocycles. The lowest BCUT2D eigenvalue weighted by atomic mass is 10.1. The van der Waals surface area contributed by atoms with Crippen molar-refractivity contribution < 1.29 is 14.3 Å². The number of carbonyl (C=O) groups excluding carboxylic acids is 2. The monoisotopic (exact) mass is 331 g/mol. The van der Waals surface area contributed by atoms with E-state index in [-0.39, 0.29) is 12.3 Å². The molecule has 120 valence electrons. The van der Waals surface area contributed by atoms with Gasteiger partial charge < -0.3 is 10.1 Å². The molecule has 5 heteroatoms. The smallest absolute Gasteiger partial charge is 0.328 e. The van der Waals surface area contributed by atoms with Gasteiger partial charge in [-0.1, -0.05) is 60.1 Å². The molecule has 0 aliphatic heterocycles. The van der Waals surface area contributed by atoms with Gasteiger partial charge in [0.15, 0.2) is 0 Å². The average molecular weight is 332 g/mol. The Hall–Kier alpha value is -2.33. The van der Waals surface area contributed by atoms with E-state index in [1.807, 2.05) is 36.4 Å². The third-order valence-corrected chi connectivity index (χ3v) is 3.78. The van der Waals surface area contributed by atoms with Gasteiger partial charge in [0.2, 0.25) is 5.91 Å². The number of carbonyl (C=O) groups is 2. The SMILES string of the molecule is COC(=O)[C@H](Cc1ccccc1)NC(=O)Cc1ccccc1Cl. The molecular weight excluding hydrogens is 314 g/mol. The quantitative estimate of drug-likeness (QED) is 0.828. The summed E-state index contributed by atoms with van der Waals surface area (Å²) in [5, 5.41) is 3.25. The molecule has 2 aromatic rings. The molecule has 1 amide bonds. The van der Waals surface area contributed by atoms with Crippen molar-refractivity contribution in [3.05, 3.63) is 70.7 Å². The second-order valence-electron chi connectivity index (χ2n) is 5.10. The summed E-state index contributed by atoms with van der Waals surface area (Å²) in [6.45, 7) is 0. The van der Waals surface area contributed by atoms with Crippen LogP contribution in [0.1, 0.15) is 11.1 Å². The van der Waals surface area contributed by atoms with E-state index in [0.29, 0.717) is 11.4 Å². The fourth-order valence-corrected chi connectivity index (χ4v) is 2.45. The minimum Gasteiger partial charge on any atom is -0.467 e. The average Bonchev–Trinajstić information content (AvgIpc) is 2.56. The van der Waals surface area contributed by atoms with Crippen molar-refractivity contribution in [3.63, 3.8) is 0 Å². The molecule has 1 N–H and O–H groups in total. The summed E-state index contributed by atoms with van der Waals surface area (Å²) in [4.78, 5) is 24.1. The Balaban J connectivity index is 2.04. The van der Waals surface area contributed by atoms with Gasteiger partial charge in [0.05, 0.1) is 13.5 Å². The number of halogens is 1. The fourth-order valence-electron chi connectivity index (χ4n) is 2.25. The van der Waals surface area contributed by atoms with E-state index < -0.39 is 12.0 Å². The van der Waals surface area contributed by atoms with Crippen LogP contribution in [0.2, 0.25) is 5.02 Å². The summed E-state index contributed by atoms with van der Waals surface area (Å²) >= 11 is 6.05. The van der Waals surface area contributed by atoms with E-state index in [2.05, 4.69) is 5.32 Å². The highest BCUT2D eigenvalue weighted by molar-refractivity contribution is 6.31. The molecular formula is C18H18ClNO3. The van der Waals surface area contributed by atoms with Crippen molar-refractivity contribution in [3.8, 4) is 0 Å². The third kappa shape index (κ3) is 5.11.